The molecule has 1 aromatic carbocycles. The van der Waals surface area contributed by atoms with Gasteiger partial charge in [0, 0.05) is 7.05 Å². The van der Waals surface area contributed by atoms with Crippen LogP contribution in [-0.2, 0) is 10.0 Å². The third kappa shape index (κ3) is 2.73. The molecule has 0 aromatic heterocycles. The Balaban J connectivity index is 3.71. The first-order valence-electron chi connectivity index (χ1n) is 4.38. The number of benzene rings is 1. The van der Waals surface area contributed by atoms with Crippen LogP contribution in [0, 0.1) is 11.6 Å². The van der Waals surface area contributed by atoms with Gasteiger partial charge in [0.15, 0.2) is 11.6 Å². The number of rotatable bonds is 3. The van der Waals surface area contributed by atoms with Crippen molar-refractivity contribution in [2.24, 2.45) is 0 Å². The standard InChI is InChI=1S/C9H7Cl2F2NO3S/c1-14(18(2,16)17)8-4(9(11)15)3-5(12)7(13)6(8)10/h3H,1-2H3. The quantitative estimate of drug-likeness (QED) is 0.635. The normalized spacial score (nSPS) is 11.4. The molecule has 18 heavy (non-hydrogen) atoms. The van der Waals surface area contributed by atoms with E-state index in [-0.39, 0.29) is 0 Å². The fourth-order valence-corrected chi connectivity index (χ4v) is 2.24. The summed E-state index contributed by atoms with van der Waals surface area (Å²) >= 11 is 10.7. The average Bonchev–Trinajstić information content (AvgIpc) is 2.23. The molecule has 0 bridgehead atoms. The molecule has 1 aromatic rings. The van der Waals surface area contributed by atoms with Gasteiger partial charge in [-0.05, 0) is 17.7 Å². The molecule has 0 saturated carbocycles. The summed E-state index contributed by atoms with van der Waals surface area (Å²) in [5.41, 5.74) is -1.04. The summed E-state index contributed by atoms with van der Waals surface area (Å²) in [6.45, 7) is 0. The molecule has 0 heterocycles. The summed E-state index contributed by atoms with van der Waals surface area (Å²) in [7, 11) is -2.78. The number of hydrogen-bond acceptors (Lipinski definition) is 3. The van der Waals surface area contributed by atoms with Gasteiger partial charge in [-0.15, -0.1) is 0 Å². The van der Waals surface area contributed by atoms with Crippen LogP contribution in [-0.4, -0.2) is 27.0 Å². The summed E-state index contributed by atoms with van der Waals surface area (Å²) in [6.07, 6.45) is 0.813. The zero-order valence-electron chi connectivity index (χ0n) is 9.17. The van der Waals surface area contributed by atoms with Gasteiger partial charge in [-0.1, -0.05) is 11.6 Å². The lowest BCUT2D eigenvalue weighted by atomic mass is 10.2. The highest BCUT2D eigenvalue weighted by Gasteiger charge is 2.26. The summed E-state index contributed by atoms with van der Waals surface area (Å²) in [5.74, 6) is -2.85. The van der Waals surface area contributed by atoms with E-state index >= 15 is 0 Å². The number of carbonyl (C=O) groups excluding carboxylic acids is 1. The molecule has 0 amide bonds. The zero-order chi connectivity index (χ0) is 14.2. The minimum Gasteiger partial charge on any atom is -0.276 e. The SMILES string of the molecule is CN(c1c(C(=O)Cl)cc(F)c(F)c1Cl)S(C)(=O)=O. The first-order chi connectivity index (χ1) is 8.07. The van der Waals surface area contributed by atoms with E-state index in [4.69, 9.17) is 23.2 Å². The lowest BCUT2D eigenvalue weighted by molar-refractivity contribution is 0.108. The van der Waals surface area contributed by atoms with Crippen LogP contribution in [0.1, 0.15) is 10.4 Å². The van der Waals surface area contributed by atoms with Gasteiger partial charge < -0.3 is 0 Å². The van der Waals surface area contributed by atoms with Crippen molar-refractivity contribution < 1.29 is 22.0 Å². The van der Waals surface area contributed by atoms with Gasteiger partial charge in [-0.25, -0.2) is 17.2 Å². The predicted molar refractivity (Wildman–Crippen MR) is 64.8 cm³/mol. The Morgan fingerprint density at radius 3 is 2.28 bits per heavy atom. The van der Waals surface area contributed by atoms with Crippen LogP contribution < -0.4 is 4.31 Å². The van der Waals surface area contributed by atoms with Gasteiger partial charge in [0.05, 0.1) is 17.5 Å². The Bertz CT molecular complexity index is 619. The molecule has 0 atom stereocenters. The summed E-state index contributed by atoms with van der Waals surface area (Å²) in [5, 5.41) is -1.98. The van der Waals surface area contributed by atoms with Crippen molar-refractivity contribution >= 4 is 44.2 Å². The van der Waals surface area contributed by atoms with E-state index in [1.165, 1.54) is 0 Å². The average molecular weight is 318 g/mol. The number of carbonyl (C=O) groups is 1. The third-order valence-corrected chi connectivity index (χ3v) is 3.89. The van der Waals surface area contributed by atoms with Crippen LogP contribution in [0.3, 0.4) is 0 Å². The molecule has 0 aliphatic carbocycles. The van der Waals surface area contributed by atoms with Crippen molar-refractivity contribution in [3.63, 3.8) is 0 Å². The fraction of sp³-hybridized carbons (Fsp3) is 0.222. The maximum Gasteiger partial charge on any atom is 0.254 e. The maximum atomic E-state index is 13.3. The van der Waals surface area contributed by atoms with Crippen LogP contribution in [0.15, 0.2) is 6.07 Å². The maximum absolute atomic E-state index is 13.3. The van der Waals surface area contributed by atoms with Crippen LogP contribution in [0.5, 0.6) is 0 Å². The molecule has 0 N–H and O–H groups in total. The first kappa shape index (κ1) is 15.1. The van der Waals surface area contributed by atoms with Crippen molar-refractivity contribution in [1.82, 2.24) is 0 Å². The molecule has 0 fully saturated rings. The van der Waals surface area contributed by atoms with Gasteiger partial charge in [0.1, 0.15) is 5.02 Å². The van der Waals surface area contributed by atoms with Gasteiger partial charge in [-0.3, -0.25) is 9.10 Å². The Hall–Kier alpha value is -0.920. The number of hydrogen-bond donors (Lipinski definition) is 0. The number of anilines is 1. The van der Waals surface area contributed by atoms with E-state index in [9.17, 15) is 22.0 Å². The van der Waals surface area contributed by atoms with Crippen LogP contribution in [0.25, 0.3) is 0 Å². The van der Waals surface area contributed by atoms with E-state index in [0.717, 1.165) is 13.3 Å². The summed E-state index contributed by atoms with van der Waals surface area (Å²) < 4.78 is 49.7. The van der Waals surface area contributed by atoms with Crippen molar-refractivity contribution in [3.05, 3.63) is 28.3 Å². The Morgan fingerprint density at radius 1 is 1.39 bits per heavy atom. The lowest BCUT2D eigenvalue weighted by Gasteiger charge is -2.20. The van der Waals surface area contributed by atoms with Crippen molar-refractivity contribution in [2.75, 3.05) is 17.6 Å². The Kier molecular flexibility index (Phi) is 4.19. The van der Waals surface area contributed by atoms with Crippen LogP contribution >= 0.6 is 23.2 Å². The number of nitrogens with zero attached hydrogens (tertiary/aromatic N) is 1. The highest BCUT2D eigenvalue weighted by Crippen LogP contribution is 2.35. The third-order valence-electron chi connectivity index (χ3n) is 2.16. The fourth-order valence-electron chi connectivity index (χ4n) is 1.21. The zero-order valence-corrected chi connectivity index (χ0v) is 11.5. The van der Waals surface area contributed by atoms with E-state index in [2.05, 4.69) is 0 Å². The van der Waals surface area contributed by atoms with E-state index < -0.39 is 43.2 Å². The highest BCUT2D eigenvalue weighted by molar-refractivity contribution is 7.92. The number of sulfonamides is 1. The molecule has 0 aliphatic rings. The van der Waals surface area contributed by atoms with E-state index in [0.29, 0.717) is 10.4 Å². The second-order valence-corrected chi connectivity index (χ2v) is 6.12. The van der Waals surface area contributed by atoms with Gasteiger partial charge in [-0.2, -0.15) is 0 Å². The van der Waals surface area contributed by atoms with Gasteiger partial charge >= 0.3 is 0 Å². The Morgan fingerprint density at radius 2 is 1.89 bits per heavy atom. The minimum absolute atomic E-state index is 0.494. The van der Waals surface area contributed by atoms with Crippen molar-refractivity contribution in [1.29, 1.82) is 0 Å². The van der Waals surface area contributed by atoms with Gasteiger partial charge in [0.25, 0.3) is 5.24 Å². The molecule has 0 radical (unpaired) electrons. The summed E-state index contributed by atoms with van der Waals surface area (Å²) in [4.78, 5) is 11.1. The molecular weight excluding hydrogens is 311 g/mol. The topological polar surface area (TPSA) is 54.5 Å². The van der Waals surface area contributed by atoms with Gasteiger partial charge in [0.2, 0.25) is 10.0 Å². The second kappa shape index (κ2) is 4.99. The molecule has 1 rings (SSSR count). The van der Waals surface area contributed by atoms with Crippen LogP contribution in [0.4, 0.5) is 14.5 Å². The molecule has 0 unspecified atom stereocenters. The minimum atomic E-state index is -3.82. The predicted octanol–water partition coefficient (Wildman–Crippen LogP) is 2.39. The molecule has 4 nitrogen and oxygen atoms in total. The van der Waals surface area contributed by atoms with E-state index in [1.54, 1.807) is 0 Å². The monoisotopic (exact) mass is 317 g/mol. The molecule has 0 spiro atoms. The molecule has 0 saturated heterocycles. The largest absolute Gasteiger partial charge is 0.276 e. The molecule has 9 heteroatoms. The smallest absolute Gasteiger partial charge is 0.254 e. The Labute approximate surface area is 112 Å². The second-order valence-electron chi connectivity index (χ2n) is 3.39. The molecule has 0 aliphatic heterocycles. The summed E-state index contributed by atoms with van der Waals surface area (Å²) in [6, 6.07) is 0.494. The van der Waals surface area contributed by atoms with Crippen LogP contribution in [0.2, 0.25) is 5.02 Å². The molecular formula is C9H7Cl2F2NO3S. The van der Waals surface area contributed by atoms with Crippen molar-refractivity contribution in [3.8, 4) is 0 Å². The van der Waals surface area contributed by atoms with E-state index in [1.807, 2.05) is 0 Å². The first-order valence-corrected chi connectivity index (χ1v) is 6.99. The number of halogens is 4. The molecule has 100 valence electrons. The highest BCUT2D eigenvalue weighted by atomic mass is 35.5. The van der Waals surface area contributed by atoms with Crippen molar-refractivity contribution in [2.45, 2.75) is 0 Å². The lowest BCUT2D eigenvalue weighted by Crippen LogP contribution is -2.27.